The maximum atomic E-state index is 12.0. The molecule has 0 aromatic heterocycles. The molecular formula is C18H21NO3S. The van der Waals surface area contributed by atoms with Crippen LogP contribution in [0, 0.1) is 0 Å². The van der Waals surface area contributed by atoms with Crippen LogP contribution in [0.2, 0.25) is 0 Å². The lowest BCUT2D eigenvalue weighted by Gasteiger charge is -2.07. The Morgan fingerprint density at radius 3 is 2.04 bits per heavy atom. The highest BCUT2D eigenvalue weighted by molar-refractivity contribution is 7.90. The normalized spacial score (nSPS) is 11.2. The summed E-state index contributed by atoms with van der Waals surface area (Å²) in [6, 6.07) is 14.5. The monoisotopic (exact) mass is 331 g/mol. The molecule has 0 bridgehead atoms. The van der Waals surface area contributed by atoms with Crippen LogP contribution < -0.4 is 5.32 Å². The van der Waals surface area contributed by atoms with Gasteiger partial charge in [0.25, 0.3) is 0 Å². The van der Waals surface area contributed by atoms with Crippen molar-refractivity contribution in [1.82, 2.24) is 0 Å². The molecule has 1 N–H and O–H groups in total. The third kappa shape index (κ3) is 5.21. The van der Waals surface area contributed by atoms with Gasteiger partial charge in [-0.2, -0.15) is 0 Å². The molecule has 2 rings (SSSR count). The van der Waals surface area contributed by atoms with Gasteiger partial charge in [-0.15, -0.1) is 0 Å². The Bertz CT molecular complexity index is 763. The molecule has 0 aliphatic carbocycles. The van der Waals surface area contributed by atoms with Crippen molar-refractivity contribution < 1.29 is 13.2 Å². The highest BCUT2D eigenvalue weighted by atomic mass is 32.2. The summed E-state index contributed by atoms with van der Waals surface area (Å²) < 4.78 is 22.8. The Kier molecular flexibility index (Phi) is 5.55. The van der Waals surface area contributed by atoms with Gasteiger partial charge in [-0.1, -0.05) is 31.2 Å². The van der Waals surface area contributed by atoms with Crippen LogP contribution in [0.1, 0.15) is 24.5 Å². The molecule has 0 radical (unpaired) electrons. The molecule has 0 saturated heterocycles. The Labute approximate surface area is 137 Å². The molecule has 5 heteroatoms. The van der Waals surface area contributed by atoms with Crippen molar-refractivity contribution >= 4 is 21.4 Å². The van der Waals surface area contributed by atoms with E-state index in [1.54, 1.807) is 12.1 Å². The van der Waals surface area contributed by atoms with E-state index >= 15 is 0 Å². The number of aryl methyl sites for hydroxylation is 2. The molecule has 0 unspecified atom stereocenters. The van der Waals surface area contributed by atoms with Crippen molar-refractivity contribution in [3.05, 3.63) is 59.7 Å². The number of hydrogen-bond acceptors (Lipinski definition) is 3. The number of amides is 1. The third-order valence-corrected chi connectivity index (χ3v) is 4.77. The van der Waals surface area contributed by atoms with Crippen LogP contribution in [0.15, 0.2) is 53.4 Å². The number of benzene rings is 2. The highest BCUT2D eigenvalue weighted by Gasteiger charge is 2.07. The number of carbonyl (C=O) groups is 1. The molecule has 0 spiro atoms. The molecular weight excluding hydrogens is 310 g/mol. The number of nitrogens with one attached hydrogen (secondary N) is 1. The maximum absolute atomic E-state index is 12.0. The second-order valence-corrected chi connectivity index (χ2v) is 7.53. The molecule has 2 aromatic rings. The molecule has 0 saturated carbocycles. The largest absolute Gasteiger partial charge is 0.326 e. The smallest absolute Gasteiger partial charge is 0.224 e. The third-order valence-electron chi connectivity index (χ3n) is 3.64. The average molecular weight is 331 g/mol. The van der Waals surface area contributed by atoms with Crippen molar-refractivity contribution in [2.45, 2.75) is 31.1 Å². The molecule has 0 fully saturated rings. The van der Waals surface area contributed by atoms with Crippen molar-refractivity contribution in [1.29, 1.82) is 0 Å². The van der Waals surface area contributed by atoms with E-state index in [-0.39, 0.29) is 10.8 Å². The summed E-state index contributed by atoms with van der Waals surface area (Å²) in [5.74, 6) is -0.0864. The average Bonchev–Trinajstić information content (AvgIpc) is 2.53. The topological polar surface area (TPSA) is 63.2 Å². The summed E-state index contributed by atoms with van der Waals surface area (Å²) in [5, 5.41) is 2.78. The standard InChI is InChI=1S/C18H21NO3S/c1-3-14-4-6-15(7-5-14)8-13-18(20)19-16-9-11-17(12-10-16)23(2,21)22/h4-7,9-12H,3,8,13H2,1-2H3,(H,19,20). The zero-order valence-corrected chi connectivity index (χ0v) is 14.2. The summed E-state index contributed by atoms with van der Waals surface area (Å²) >= 11 is 0. The van der Waals surface area contributed by atoms with E-state index < -0.39 is 9.84 Å². The predicted octanol–water partition coefficient (Wildman–Crippen LogP) is 3.22. The van der Waals surface area contributed by atoms with E-state index in [4.69, 9.17) is 0 Å². The van der Waals surface area contributed by atoms with Crippen LogP contribution in [0.25, 0.3) is 0 Å². The molecule has 0 aliphatic heterocycles. The van der Waals surface area contributed by atoms with Crippen LogP contribution >= 0.6 is 0 Å². The molecule has 23 heavy (non-hydrogen) atoms. The molecule has 122 valence electrons. The minimum Gasteiger partial charge on any atom is -0.326 e. The first-order valence-electron chi connectivity index (χ1n) is 7.56. The molecule has 0 aliphatic rings. The van der Waals surface area contributed by atoms with E-state index in [0.717, 1.165) is 18.2 Å². The lowest BCUT2D eigenvalue weighted by Crippen LogP contribution is -2.12. The van der Waals surface area contributed by atoms with Gasteiger partial charge in [0.05, 0.1) is 4.90 Å². The van der Waals surface area contributed by atoms with E-state index in [2.05, 4.69) is 24.4 Å². The molecule has 4 nitrogen and oxygen atoms in total. The number of anilines is 1. The first kappa shape index (κ1) is 17.2. The van der Waals surface area contributed by atoms with Gasteiger partial charge in [0, 0.05) is 18.4 Å². The number of sulfone groups is 1. The van der Waals surface area contributed by atoms with Gasteiger partial charge in [-0.3, -0.25) is 4.79 Å². The predicted molar refractivity (Wildman–Crippen MR) is 92.3 cm³/mol. The molecule has 0 atom stereocenters. The van der Waals surface area contributed by atoms with Crippen molar-refractivity contribution in [2.24, 2.45) is 0 Å². The van der Waals surface area contributed by atoms with Crippen molar-refractivity contribution in [2.75, 3.05) is 11.6 Å². The SMILES string of the molecule is CCc1ccc(CCC(=O)Nc2ccc(S(C)(=O)=O)cc2)cc1. The number of rotatable bonds is 6. The first-order valence-corrected chi connectivity index (χ1v) is 9.45. The zero-order chi connectivity index (χ0) is 16.9. The second-order valence-electron chi connectivity index (χ2n) is 5.51. The van der Waals surface area contributed by atoms with Gasteiger partial charge in [-0.05, 0) is 48.2 Å². The summed E-state index contributed by atoms with van der Waals surface area (Å²) in [7, 11) is -3.21. The Morgan fingerprint density at radius 2 is 1.52 bits per heavy atom. The van der Waals surface area contributed by atoms with Crippen LogP contribution in [0.5, 0.6) is 0 Å². The Balaban J connectivity index is 1.89. The van der Waals surface area contributed by atoms with Crippen LogP contribution in [0.4, 0.5) is 5.69 Å². The zero-order valence-electron chi connectivity index (χ0n) is 13.4. The maximum Gasteiger partial charge on any atom is 0.224 e. The molecule has 0 heterocycles. The lowest BCUT2D eigenvalue weighted by molar-refractivity contribution is -0.116. The fourth-order valence-corrected chi connectivity index (χ4v) is 2.84. The number of carbonyl (C=O) groups excluding carboxylic acids is 1. The Morgan fingerprint density at radius 1 is 0.957 bits per heavy atom. The first-order chi connectivity index (χ1) is 10.9. The van der Waals surface area contributed by atoms with E-state index in [1.807, 2.05) is 12.1 Å². The fraction of sp³-hybridized carbons (Fsp3) is 0.278. The van der Waals surface area contributed by atoms with Crippen LogP contribution in [0.3, 0.4) is 0 Å². The van der Waals surface area contributed by atoms with Gasteiger partial charge in [0.2, 0.25) is 5.91 Å². The lowest BCUT2D eigenvalue weighted by atomic mass is 10.1. The minimum atomic E-state index is -3.21. The van der Waals surface area contributed by atoms with Gasteiger partial charge < -0.3 is 5.32 Å². The second kappa shape index (κ2) is 7.42. The van der Waals surface area contributed by atoms with Gasteiger partial charge in [0.15, 0.2) is 9.84 Å². The van der Waals surface area contributed by atoms with Gasteiger partial charge in [0.1, 0.15) is 0 Å². The van der Waals surface area contributed by atoms with Gasteiger partial charge in [-0.25, -0.2) is 8.42 Å². The number of hydrogen-bond donors (Lipinski definition) is 1. The summed E-state index contributed by atoms with van der Waals surface area (Å²) in [6.45, 7) is 2.11. The van der Waals surface area contributed by atoms with Crippen molar-refractivity contribution in [3.63, 3.8) is 0 Å². The van der Waals surface area contributed by atoms with Crippen LogP contribution in [-0.2, 0) is 27.5 Å². The summed E-state index contributed by atoms with van der Waals surface area (Å²) in [4.78, 5) is 12.2. The minimum absolute atomic E-state index is 0.0864. The fourth-order valence-electron chi connectivity index (χ4n) is 2.21. The molecule has 1 amide bonds. The van der Waals surface area contributed by atoms with E-state index in [0.29, 0.717) is 18.5 Å². The summed E-state index contributed by atoms with van der Waals surface area (Å²) in [5.41, 5.74) is 3.01. The quantitative estimate of drug-likeness (QED) is 0.884. The highest BCUT2D eigenvalue weighted by Crippen LogP contribution is 2.14. The molecule has 2 aromatic carbocycles. The van der Waals surface area contributed by atoms with E-state index in [1.165, 1.54) is 17.7 Å². The van der Waals surface area contributed by atoms with Gasteiger partial charge >= 0.3 is 0 Å². The summed E-state index contributed by atoms with van der Waals surface area (Å²) in [6.07, 6.45) is 3.23. The van der Waals surface area contributed by atoms with Crippen molar-refractivity contribution in [3.8, 4) is 0 Å². The van der Waals surface area contributed by atoms with E-state index in [9.17, 15) is 13.2 Å². The van der Waals surface area contributed by atoms with Crippen LogP contribution in [-0.4, -0.2) is 20.6 Å². The Hall–Kier alpha value is -2.14.